The largest absolute Gasteiger partial charge is 0.329 e. The summed E-state index contributed by atoms with van der Waals surface area (Å²) in [7, 11) is 0. The highest BCUT2D eigenvalue weighted by molar-refractivity contribution is 7.18. The van der Waals surface area contributed by atoms with Crippen LogP contribution in [0.25, 0.3) is 15.9 Å². The standard InChI is InChI=1S/C22H19N3OS/c26-22(16-9-11-17(12-10-16)24-13-3-4-14-24)25-15-5-7-19(25)21-23-18-6-1-2-8-20(18)27-21/h1-4,6,8-14,19H,5,7,15H2/t19-/m1/s1. The molecule has 0 unspecified atom stereocenters. The average molecular weight is 373 g/mol. The fourth-order valence-corrected chi connectivity index (χ4v) is 4.86. The molecule has 4 aromatic rings. The van der Waals surface area contributed by atoms with Gasteiger partial charge in [-0.3, -0.25) is 4.79 Å². The predicted molar refractivity (Wildman–Crippen MR) is 108 cm³/mol. The normalized spacial score (nSPS) is 16.9. The van der Waals surface area contributed by atoms with E-state index in [0.29, 0.717) is 0 Å². The van der Waals surface area contributed by atoms with E-state index in [1.165, 1.54) is 4.70 Å². The van der Waals surface area contributed by atoms with Crippen molar-refractivity contribution in [2.45, 2.75) is 18.9 Å². The van der Waals surface area contributed by atoms with Gasteiger partial charge in [0, 0.05) is 30.2 Å². The number of hydrogen-bond acceptors (Lipinski definition) is 3. The molecular formula is C22H19N3OS. The number of carbonyl (C=O) groups is 1. The molecule has 0 aliphatic carbocycles. The lowest BCUT2D eigenvalue weighted by Gasteiger charge is -2.23. The molecular weight excluding hydrogens is 354 g/mol. The fourth-order valence-electron chi connectivity index (χ4n) is 3.75. The molecule has 2 aromatic heterocycles. The number of para-hydroxylation sites is 1. The number of amides is 1. The Morgan fingerprint density at radius 1 is 1.00 bits per heavy atom. The first-order valence-electron chi connectivity index (χ1n) is 9.19. The van der Waals surface area contributed by atoms with Gasteiger partial charge in [0.2, 0.25) is 0 Å². The van der Waals surface area contributed by atoms with Crippen LogP contribution in [0.2, 0.25) is 0 Å². The van der Waals surface area contributed by atoms with Crippen molar-refractivity contribution in [3.63, 3.8) is 0 Å². The summed E-state index contributed by atoms with van der Waals surface area (Å²) >= 11 is 1.70. The van der Waals surface area contributed by atoms with Gasteiger partial charge in [-0.05, 0) is 61.4 Å². The first-order valence-corrected chi connectivity index (χ1v) is 10.0. The number of carbonyl (C=O) groups excluding carboxylic acids is 1. The summed E-state index contributed by atoms with van der Waals surface area (Å²) in [5.74, 6) is 0.0933. The molecule has 5 heteroatoms. The Hall–Kier alpha value is -2.92. The highest BCUT2D eigenvalue weighted by Gasteiger charge is 2.32. The van der Waals surface area contributed by atoms with E-state index in [0.717, 1.165) is 41.2 Å². The van der Waals surface area contributed by atoms with Crippen molar-refractivity contribution in [2.75, 3.05) is 6.54 Å². The van der Waals surface area contributed by atoms with E-state index in [9.17, 15) is 4.79 Å². The van der Waals surface area contributed by atoms with Gasteiger partial charge in [-0.1, -0.05) is 12.1 Å². The Kier molecular flexibility index (Phi) is 4.02. The lowest BCUT2D eigenvalue weighted by molar-refractivity contribution is 0.0735. The highest BCUT2D eigenvalue weighted by Crippen LogP contribution is 2.37. The van der Waals surface area contributed by atoms with E-state index in [1.807, 2.05) is 76.5 Å². The van der Waals surface area contributed by atoms with Crippen molar-refractivity contribution < 1.29 is 4.79 Å². The van der Waals surface area contributed by atoms with Gasteiger partial charge in [0.1, 0.15) is 5.01 Å². The van der Waals surface area contributed by atoms with Crippen LogP contribution in [-0.4, -0.2) is 26.9 Å². The monoisotopic (exact) mass is 373 g/mol. The second-order valence-electron chi connectivity index (χ2n) is 6.81. The summed E-state index contributed by atoms with van der Waals surface area (Å²) in [5.41, 5.74) is 2.81. The maximum absolute atomic E-state index is 13.1. The predicted octanol–water partition coefficient (Wildman–Crippen LogP) is 5.06. The van der Waals surface area contributed by atoms with Gasteiger partial charge in [0.25, 0.3) is 5.91 Å². The molecule has 1 aliphatic heterocycles. The molecule has 0 N–H and O–H groups in total. The second-order valence-corrected chi connectivity index (χ2v) is 7.88. The zero-order valence-electron chi connectivity index (χ0n) is 14.8. The van der Waals surface area contributed by atoms with Gasteiger partial charge < -0.3 is 9.47 Å². The second kappa shape index (κ2) is 6.67. The Morgan fingerprint density at radius 3 is 2.56 bits per heavy atom. The molecule has 27 heavy (non-hydrogen) atoms. The summed E-state index contributed by atoms with van der Waals surface area (Å²) in [6, 6.07) is 20.1. The minimum atomic E-state index is 0.0824. The summed E-state index contributed by atoms with van der Waals surface area (Å²) in [6.07, 6.45) is 6.00. The summed E-state index contributed by atoms with van der Waals surface area (Å²) in [6.45, 7) is 0.790. The third-order valence-corrected chi connectivity index (χ3v) is 6.26. The van der Waals surface area contributed by atoms with E-state index in [2.05, 4.69) is 6.07 Å². The van der Waals surface area contributed by atoms with Crippen LogP contribution < -0.4 is 0 Å². The number of benzene rings is 2. The van der Waals surface area contributed by atoms with Crippen LogP contribution in [0.1, 0.15) is 34.2 Å². The van der Waals surface area contributed by atoms with E-state index in [4.69, 9.17) is 4.98 Å². The van der Waals surface area contributed by atoms with Crippen LogP contribution in [0.3, 0.4) is 0 Å². The summed E-state index contributed by atoms with van der Waals surface area (Å²) < 4.78 is 3.22. The summed E-state index contributed by atoms with van der Waals surface area (Å²) in [4.78, 5) is 19.9. The van der Waals surface area contributed by atoms with Crippen molar-refractivity contribution in [2.24, 2.45) is 0 Å². The van der Waals surface area contributed by atoms with E-state index < -0.39 is 0 Å². The van der Waals surface area contributed by atoms with Gasteiger partial charge >= 0.3 is 0 Å². The molecule has 2 aromatic carbocycles. The Morgan fingerprint density at radius 2 is 1.78 bits per heavy atom. The van der Waals surface area contributed by atoms with Gasteiger partial charge in [-0.15, -0.1) is 11.3 Å². The van der Waals surface area contributed by atoms with Crippen LogP contribution in [-0.2, 0) is 0 Å². The molecule has 1 aliphatic rings. The topological polar surface area (TPSA) is 38.1 Å². The molecule has 0 saturated carbocycles. The van der Waals surface area contributed by atoms with E-state index >= 15 is 0 Å². The molecule has 0 bridgehead atoms. The van der Waals surface area contributed by atoms with Crippen LogP contribution in [0.5, 0.6) is 0 Å². The van der Waals surface area contributed by atoms with Crippen molar-refractivity contribution in [3.05, 3.63) is 83.6 Å². The van der Waals surface area contributed by atoms with Crippen LogP contribution >= 0.6 is 11.3 Å². The zero-order chi connectivity index (χ0) is 18.2. The van der Waals surface area contributed by atoms with Crippen molar-refractivity contribution >= 4 is 27.5 Å². The van der Waals surface area contributed by atoms with Crippen molar-refractivity contribution in [1.82, 2.24) is 14.5 Å². The first kappa shape index (κ1) is 16.3. The zero-order valence-corrected chi connectivity index (χ0v) is 15.6. The third-order valence-electron chi connectivity index (χ3n) is 5.13. The van der Waals surface area contributed by atoms with E-state index in [1.54, 1.807) is 11.3 Å². The number of likely N-dealkylation sites (tertiary alicyclic amines) is 1. The number of fused-ring (bicyclic) bond motifs is 1. The molecule has 0 spiro atoms. The van der Waals surface area contributed by atoms with Crippen LogP contribution in [0.4, 0.5) is 0 Å². The Balaban J connectivity index is 1.41. The maximum atomic E-state index is 13.1. The smallest absolute Gasteiger partial charge is 0.254 e. The maximum Gasteiger partial charge on any atom is 0.254 e. The van der Waals surface area contributed by atoms with Gasteiger partial charge in [0.05, 0.1) is 16.3 Å². The van der Waals surface area contributed by atoms with Crippen LogP contribution in [0.15, 0.2) is 73.1 Å². The van der Waals surface area contributed by atoms with E-state index in [-0.39, 0.29) is 11.9 Å². The van der Waals surface area contributed by atoms with Gasteiger partial charge in [0.15, 0.2) is 0 Å². The molecule has 134 valence electrons. The number of thiazole rings is 1. The molecule has 4 nitrogen and oxygen atoms in total. The number of aromatic nitrogens is 2. The SMILES string of the molecule is O=C(c1ccc(-n2cccc2)cc1)N1CCC[C@@H]1c1nc2ccccc2s1. The number of rotatable bonds is 3. The number of nitrogens with zero attached hydrogens (tertiary/aromatic N) is 3. The Bertz CT molecular complexity index is 1050. The first-order chi connectivity index (χ1) is 13.3. The highest BCUT2D eigenvalue weighted by atomic mass is 32.1. The molecule has 5 rings (SSSR count). The van der Waals surface area contributed by atoms with Gasteiger partial charge in [-0.2, -0.15) is 0 Å². The number of hydrogen-bond donors (Lipinski definition) is 0. The van der Waals surface area contributed by atoms with Gasteiger partial charge in [-0.25, -0.2) is 4.98 Å². The molecule has 1 fully saturated rings. The lowest BCUT2D eigenvalue weighted by Crippen LogP contribution is -2.30. The fraction of sp³-hybridized carbons (Fsp3) is 0.182. The van der Waals surface area contributed by atoms with Crippen LogP contribution in [0, 0.1) is 0 Å². The molecule has 0 radical (unpaired) electrons. The van der Waals surface area contributed by atoms with Crippen molar-refractivity contribution in [1.29, 1.82) is 0 Å². The Labute approximate surface area is 161 Å². The molecule has 3 heterocycles. The minimum Gasteiger partial charge on any atom is -0.329 e. The molecule has 1 saturated heterocycles. The lowest BCUT2D eigenvalue weighted by atomic mass is 10.1. The average Bonchev–Trinajstić information content (AvgIpc) is 3.47. The molecule has 1 atom stereocenters. The third kappa shape index (κ3) is 2.94. The van der Waals surface area contributed by atoms with Crippen molar-refractivity contribution in [3.8, 4) is 5.69 Å². The quantitative estimate of drug-likeness (QED) is 0.503. The minimum absolute atomic E-state index is 0.0824. The molecule has 1 amide bonds. The summed E-state index contributed by atoms with van der Waals surface area (Å²) in [5, 5.41) is 1.05.